The summed E-state index contributed by atoms with van der Waals surface area (Å²) >= 11 is 0. The zero-order valence-electron chi connectivity index (χ0n) is 18.0. The van der Waals surface area contributed by atoms with Gasteiger partial charge < -0.3 is 16.0 Å². The Hall–Kier alpha value is -3.17. The van der Waals surface area contributed by atoms with Gasteiger partial charge in [0.05, 0.1) is 11.0 Å². The Morgan fingerprint density at radius 2 is 1.78 bits per heavy atom. The molecule has 9 heteroatoms. The molecule has 166 valence electrons. The molecule has 4 heterocycles. The number of aromatic nitrogens is 4. The van der Waals surface area contributed by atoms with E-state index >= 15 is 0 Å². The summed E-state index contributed by atoms with van der Waals surface area (Å²) in [6.45, 7) is 4.46. The van der Waals surface area contributed by atoms with Crippen molar-refractivity contribution < 1.29 is 4.79 Å². The quantitative estimate of drug-likeness (QED) is 0.542. The molecule has 0 radical (unpaired) electrons. The molecule has 3 aromatic rings. The first-order valence-electron chi connectivity index (χ1n) is 11.3. The Balaban J connectivity index is 1.44. The average Bonchev–Trinajstić information content (AvgIpc) is 3.36. The lowest BCUT2D eigenvalue weighted by Gasteiger charge is -2.30. The number of piperidine rings is 1. The van der Waals surface area contributed by atoms with Crippen molar-refractivity contribution >= 4 is 28.7 Å². The number of benzene rings is 1. The van der Waals surface area contributed by atoms with Crippen LogP contribution in [-0.4, -0.2) is 64.6 Å². The van der Waals surface area contributed by atoms with Crippen molar-refractivity contribution in [3.8, 4) is 0 Å². The van der Waals surface area contributed by atoms with E-state index in [1.54, 1.807) is 23.5 Å². The Labute approximate surface area is 187 Å². The maximum atomic E-state index is 13.7. The van der Waals surface area contributed by atoms with Crippen molar-refractivity contribution in [2.75, 3.05) is 42.9 Å². The second-order valence-electron chi connectivity index (χ2n) is 8.44. The van der Waals surface area contributed by atoms with Crippen molar-refractivity contribution in [3.63, 3.8) is 0 Å². The van der Waals surface area contributed by atoms with Crippen molar-refractivity contribution in [1.29, 1.82) is 0 Å². The van der Waals surface area contributed by atoms with Gasteiger partial charge in [-0.15, -0.1) is 0 Å². The van der Waals surface area contributed by atoms with Gasteiger partial charge in [0, 0.05) is 43.3 Å². The van der Waals surface area contributed by atoms with Crippen molar-refractivity contribution in [1.82, 2.24) is 30.6 Å². The maximum Gasteiger partial charge on any atom is 0.259 e. The molecule has 2 aliphatic rings. The predicted octanol–water partition coefficient (Wildman–Crippen LogP) is 1.84. The van der Waals surface area contributed by atoms with Crippen LogP contribution in [0.3, 0.4) is 0 Å². The van der Waals surface area contributed by atoms with Gasteiger partial charge in [-0.1, -0.05) is 0 Å². The molecule has 2 aromatic heterocycles. The Bertz CT molecular complexity index is 1080. The van der Waals surface area contributed by atoms with Crippen molar-refractivity contribution in [2.45, 2.75) is 25.3 Å². The summed E-state index contributed by atoms with van der Waals surface area (Å²) in [6, 6.07) is 7.60. The van der Waals surface area contributed by atoms with E-state index in [0.717, 1.165) is 51.0 Å². The van der Waals surface area contributed by atoms with Crippen molar-refractivity contribution in [2.24, 2.45) is 5.92 Å². The summed E-state index contributed by atoms with van der Waals surface area (Å²) in [5.74, 6) is 1.52. The molecule has 2 aliphatic heterocycles. The first-order valence-corrected chi connectivity index (χ1v) is 11.3. The third-order valence-corrected chi connectivity index (χ3v) is 6.17. The summed E-state index contributed by atoms with van der Waals surface area (Å²) in [4.78, 5) is 33.3. The van der Waals surface area contributed by atoms with E-state index < -0.39 is 0 Å². The van der Waals surface area contributed by atoms with Crippen LogP contribution in [0.4, 0.5) is 11.8 Å². The molecule has 1 atom stereocenters. The van der Waals surface area contributed by atoms with Crippen LogP contribution >= 0.6 is 0 Å². The second-order valence-corrected chi connectivity index (χ2v) is 8.44. The minimum atomic E-state index is -0.0803. The van der Waals surface area contributed by atoms with Crippen LogP contribution in [-0.2, 0) is 0 Å². The van der Waals surface area contributed by atoms with E-state index in [9.17, 15) is 4.79 Å². The number of carbonyl (C=O) groups excluding carboxylic acids is 1. The van der Waals surface area contributed by atoms with Gasteiger partial charge >= 0.3 is 0 Å². The van der Waals surface area contributed by atoms with Gasteiger partial charge in [-0.25, -0.2) is 4.98 Å². The molecule has 1 amide bonds. The Morgan fingerprint density at radius 3 is 2.59 bits per heavy atom. The molecule has 32 heavy (non-hydrogen) atoms. The van der Waals surface area contributed by atoms with Crippen LogP contribution in [0.25, 0.3) is 11.0 Å². The van der Waals surface area contributed by atoms with Crippen LogP contribution in [0, 0.1) is 5.92 Å². The van der Waals surface area contributed by atoms with Gasteiger partial charge in [0.2, 0.25) is 5.95 Å². The molecule has 1 aromatic carbocycles. The number of nitrogens with zero attached hydrogens (tertiary/aromatic N) is 5. The van der Waals surface area contributed by atoms with E-state index in [-0.39, 0.29) is 5.91 Å². The monoisotopic (exact) mass is 432 g/mol. The minimum absolute atomic E-state index is 0.0803. The number of rotatable bonds is 6. The van der Waals surface area contributed by atoms with E-state index in [2.05, 4.69) is 30.9 Å². The van der Waals surface area contributed by atoms with Crippen LogP contribution in [0.1, 0.15) is 29.6 Å². The van der Waals surface area contributed by atoms with Crippen LogP contribution in [0.2, 0.25) is 0 Å². The number of carbonyl (C=O) groups is 1. The number of fused-ring (bicyclic) bond motifs is 1. The molecule has 0 spiro atoms. The molecular formula is C23H28N8O. The molecule has 9 nitrogen and oxygen atoms in total. The molecule has 2 saturated heterocycles. The van der Waals surface area contributed by atoms with E-state index in [1.807, 2.05) is 24.3 Å². The van der Waals surface area contributed by atoms with Gasteiger partial charge in [0.15, 0.2) is 0 Å². The van der Waals surface area contributed by atoms with Gasteiger partial charge in [0.1, 0.15) is 5.82 Å². The van der Waals surface area contributed by atoms with Gasteiger partial charge in [-0.2, -0.15) is 4.98 Å². The number of nitrogens with one attached hydrogen (secondary N) is 3. The smallest absolute Gasteiger partial charge is 0.259 e. The fourth-order valence-electron chi connectivity index (χ4n) is 4.38. The highest BCUT2D eigenvalue weighted by molar-refractivity contribution is 6.07. The summed E-state index contributed by atoms with van der Waals surface area (Å²) in [5.41, 5.74) is 2.06. The van der Waals surface area contributed by atoms with Gasteiger partial charge in [0.25, 0.3) is 5.91 Å². The predicted molar refractivity (Wildman–Crippen MR) is 124 cm³/mol. The molecular weight excluding hydrogens is 404 g/mol. The Kier molecular flexibility index (Phi) is 6.17. The van der Waals surface area contributed by atoms with Gasteiger partial charge in [-0.3, -0.25) is 19.7 Å². The lowest BCUT2D eigenvalue weighted by atomic mass is 9.97. The average molecular weight is 433 g/mol. The summed E-state index contributed by atoms with van der Waals surface area (Å²) < 4.78 is 0. The fraction of sp³-hybridized carbons (Fsp3) is 0.435. The maximum absolute atomic E-state index is 13.7. The highest BCUT2D eigenvalue weighted by atomic mass is 16.2. The lowest BCUT2D eigenvalue weighted by molar-refractivity contribution is 0.0980. The van der Waals surface area contributed by atoms with E-state index in [0.29, 0.717) is 41.4 Å². The zero-order valence-corrected chi connectivity index (χ0v) is 18.0. The van der Waals surface area contributed by atoms with E-state index in [4.69, 9.17) is 4.98 Å². The number of hydrogen-bond acceptors (Lipinski definition) is 8. The third-order valence-electron chi connectivity index (χ3n) is 6.17. The van der Waals surface area contributed by atoms with Gasteiger partial charge in [-0.05, 0) is 69.1 Å². The highest BCUT2D eigenvalue weighted by Crippen LogP contribution is 2.23. The summed E-state index contributed by atoms with van der Waals surface area (Å²) in [6.07, 6.45) is 8.13. The highest BCUT2D eigenvalue weighted by Gasteiger charge is 2.25. The molecule has 0 saturated carbocycles. The fourth-order valence-corrected chi connectivity index (χ4v) is 4.38. The van der Waals surface area contributed by atoms with Crippen molar-refractivity contribution in [3.05, 3.63) is 48.4 Å². The zero-order chi connectivity index (χ0) is 21.8. The van der Waals surface area contributed by atoms with Crippen LogP contribution in [0.5, 0.6) is 0 Å². The first-order chi connectivity index (χ1) is 15.8. The number of anilines is 2. The molecule has 5 rings (SSSR count). The molecule has 2 fully saturated rings. The minimum Gasteiger partial charge on any atom is -0.350 e. The first kappa shape index (κ1) is 20.7. The molecule has 0 bridgehead atoms. The molecule has 0 aliphatic carbocycles. The van der Waals surface area contributed by atoms with Crippen LogP contribution in [0.15, 0.2) is 42.9 Å². The number of hydrogen-bond donors (Lipinski definition) is 3. The molecule has 1 unspecified atom stereocenters. The topological polar surface area (TPSA) is 108 Å². The second kappa shape index (κ2) is 9.54. The van der Waals surface area contributed by atoms with E-state index in [1.165, 1.54) is 0 Å². The lowest BCUT2D eigenvalue weighted by Crippen LogP contribution is -2.40. The third kappa shape index (κ3) is 4.68. The summed E-state index contributed by atoms with van der Waals surface area (Å²) in [7, 11) is 0. The normalized spacial score (nSPS) is 19.2. The Morgan fingerprint density at radius 1 is 0.969 bits per heavy atom. The molecule has 3 N–H and O–H groups in total. The SMILES string of the molecule is O=C(c1ccc2nccnc2c1)N(CC1CCNCC1)c1ccnc(NC2CCNC2)n1. The summed E-state index contributed by atoms with van der Waals surface area (Å²) in [5, 5.41) is 10.1. The number of amides is 1. The standard InChI is InChI=1S/C23H28N8O/c32-22(17-1-2-19-20(13-17)27-12-11-26-19)31(15-16-3-7-24-8-4-16)21-6-10-28-23(30-21)29-18-5-9-25-14-18/h1-2,6,10-13,16,18,24-25H,3-5,7-9,14-15H2,(H,28,29,30). The van der Waals surface area contributed by atoms with Crippen LogP contribution < -0.4 is 20.9 Å². The largest absolute Gasteiger partial charge is 0.350 e.